The largest absolute Gasteiger partial charge is 0.493 e. The lowest BCUT2D eigenvalue weighted by molar-refractivity contribution is -0.123. The molecule has 0 spiro atoms. The number of methoxy groups -OCH3 is 2. The fourth-order valence-electron chi connectivity index (χ4n) is 3.49. The molecule has 1 saturated heterocycles. The van der Waals surface area contributed by atoms with E-state index in [2.05, 4.69) is 10.1 Å². The molecule has 0 saturated carbocycles. The Kier molecular flexibility index (Phi) is 7.97. The number of hydrogen-bond acceptors (Lipinski definition) is 7. The third-order valence-electron chi connectivity index (χ3n) is 5.26. The van der Waals surface area contributed by atoms with Gasteiger partial charge < -0.3 is 23.9 Å². The number of esters is 1. The molecule has 9 nitrogen and oxygen atoms in total. The molecule has 0 unspecified atom stereocenters. The second kappa shape index (κ2) is 11.2. The quantitative estimate of drug-likeness (QED) is 0.212. The van der Waals surface area contributed by atoms with E-state index in [4.69, 9.17) is 48.7 Å². The van der Waals surface area contributed by atoms with Crippen LogP contribution in [0.3, 0.4) is 0 Å². The summed E-state index contributed by atoms with van der Waals surface area (Å²) in [5.74, 6) is -0.503. The summed E-state index contributed by atoms with van der Waals surface area (Å²) in [5.41, 5.74) is 1.11. The Morgan fingerprint density at radius 2 is 1.84 bits per heavy atom. The number of carbonyl (C=O) groups is 3. The van der Waals surface area contributed by atoms with Crippen LogP contribution < -0.4 is 14.8 Å². The van der Waals surface area contributed by atoms with Crippen LogP contribution in [0.25, 0.3) is 6.08 Å². The van der Waals surface area contributed by atoms with Crippen molar-refractivity contribution in [1.82, 2.24) is 10.2 Å². The molecule has 1 aliphatic heterocycles. The predicted octanol–water partition coefficient (Wildman–Crippen LogP) is 5.71. The molecular weight excluding hydrogens is 547 g/mol. The Hall–Kier alpha value is -3.66. The average molecular weight is 566 g/mol. The van der Waals surface area contributed by atoms with Gasteiger partial charge in [0.05, 0.1) is 30.8 Å². The van der Waals surface area contributed by atoms with E-state index in [0.717, 1.165) is 10.5 Å². The van der Waals surface area contributed by atoms with Crippen LogP contribution >= 0.6 is 34.8 Å². The first-order valence-corrected chi connectivity index (χ1v) is 11.8. The summed E-state index contributed by atoms with van der Waals surface area (Å²) >= 11 is 18.3. The predicted molar refractivity (Wildman–Crippen MR) is 136 cm³/mol. The number of imide groups is 1. The van der Waals surface area contributed by atoms with Crippen molar-refractivity contribution in [1.29, 1.82) is 0 Å². The Balaban J connectivity index is 1.59. The zero-order valence-electron chi connectivity index (χ0n) is 19.5. The van der Waals surface area contributed by atoms with Crippen LogP contribution in [0.4, 0.5) is 4.79 Å². The molecule has 2 aromatic carbocycles. The van der Waals surface area contributed by atoms with Gasteiger partial charge in [-0.1, -0.05) is 40.9 Å². The van der Waals surface area contributed by atoms with E-state index in [1.807, 2.05) is 0 Å². The van der Waals surface area contributed by atoms with Gasteiger partial charge in [-0.2, -0.15) is 0 Å². The van der Waals surface area contributed by atoms with Gasteiger partial charge in [0.2, 0.25) is 5.76 Å². The summed E-state index contributed by atoms with van der Waals surface area (Å²) in [6, 6.07) is 10.4. The van der Waals surface area contributed by atoms with Gasteiger partial charge in [-0.05, 0) is 42.0 Å². The minimum absolute atomic E-state index is 0.0199. The summed E-state index contributed by atoms with van der Waals surface area (Å²) in [6.45, 7) is -0.0863. The lowest BCUT2D eigenvalue weighted by atomic mass is 10.1. The fraction of sp³-hybridized carbons (Fsp3) is 0.160. The van der Waals surface area contributed by atoms with Gasteiger partial charge in [-0.15, -0.1) is 0 Å². The number of furan rings is 1. The van der Waals surface area contributed by atoms with E-state index in [-0.39, 0.29) is 30.4 Å². The Labute approximate surface area is 226 Å². The number of nitrogens with zero attached hydrogens (tertiary/aromatic N) is 1. The standard InChI is InChI=1S/C25H19Cl3N2O7/c1-34-21-10-15(26)8-14(22(21)36-12-13-3-5-17(27)18(28)7-13)9-19-23(31)30(25(33)29-19)11-16-4-6-20(37-16)24(32)35-2/h3-10H,11-12H2,1-2H3,(H,29,33)/b19-9-. The molecule has 0 atom stereocenters. The molecule has 12 heteroatoms. The molecule has 0 bridgehead atoms. The average Bonchev–Trinajstić information content (AvgIpc) is 3.45. The highest BCUT2D eigenvalue weighted by atomic mass is 35.5. The number of amides is 3. The molecule has 1 aliphatic rings. The van der Waals surface area contributed by atoms with Gasteiger partial charge in [0.1, 0.15) is 18.1 Å². The highest BCUT2D eigenvalue weighted by Gasteiger charge is 2.35. The van der Waals surface area contributed by atoms with Crippen molar-refractivity contribution < 1.29 is 33.0 Å². The third kappa shape index (κ3) is 5.85. The third-order valence-corrected chi connectivity index (χ3v) is 6.22. The van der Waals surface area contributed by atoms with Gasteiger partial charge in [0, 0.05) is 16.7 Å². The molecule has 4 rings (SSSR count). The molecular formula is C25H19Cl3N2O7. The Bertz CT molecular complexity index is 1420. The van der Waals surface area contributed by atoms with Crippen molar-refractivity contribution in [3.8, 4) is 11.5 Å². The molecule has 3 amide bonds. The summed E-state index contributed by atoms with van der Waals surface area (Å²) in [5, 5.41) is 3.64. The van der Waals surface area contributed by atoms with Crippen molar-refractivity contribution in [2.75, 3.05) is 14.2 Å². The number of urea groups is 1. The van der Waals surface area contributed by atoms with Gasteiger partial charge in [0.15, 0.2) is 11.5 Å². The number of hydrogen-bond donors (Lipinski definition) is 1. The maximum Gasteiger partial charge on any atom is 0.373 e. The van der Waals surface area contributed by atoms with E-state index in [0.29, 0.717) is 32.1 Å². The molecule has 2 heterocycles. The summed E-state index contributed by atoms with van der Waals surface area (Å²) < 4.78 is 21.4. The van der Waals surface area contributed by atoms with Crippen LogP contribution in [-0.4, -0.2) is 37.0 Å². The number of halogens is 3. The van der Waals surface area contributed by atoms with Crippen LogP contribution in [0.1, 0.15) is 27.4 Å². The van der Waals surface area contributed by atoms with Crippen molar-refractivity contribution in [3.63, 3.8) is 0 Å². The van der Waals surface area contributed by atoms with E-state index < -0.39 is 17.9 Å². The number of rotatable bonds is 8. The van der Waals surface area contributed by atoms with Crippen LogP contribution in [0.5, 0.6) is 11.5 Å². The van der Waals surface area contributed by atoms with Crippen molar-refractivity contribution in [3.05, 3.63) is 85.9 Å². The van der Waals surface area contributed by atoms with Crippen molar-refractivity contribution in [2.24, 2.45) is 0 Å². The SMILES string of the molecule is COC(=O)c1ccc(CN2C(=O)N/C(=C\c3cc(Cl)cc(OC)c3OCc3ccc(Cl)c(Cl)c3)C2=O)o1. The van der Waals surface area contributed by atoms with Crippen LogP contribution in [-0.2, 0) is 22.7 Å². The maximum atomic E-state index is 13.0. The molecule has 1 N–H and O–H groups in total. The molecule has 0 radical (unpaired) electrons. The van der Waals surface area contributed by atoms with Crippen LogP contribution in [0.2, 0.25) is 15.1 Å². The lowest BCUT2D eigenvalue weighted by Gasteiger charge is -2.15. The van der Waals surface area contributed by atoms with E-state index >= 15 is 0 Å². The zero-order chi connectivity index (χ0) is 26.7. The second-order valence-electron chi connectivity index (χ2n) is 7.70. The Morgan fingerprint density at radius 1 is 1.05 bits per heavy atom. The molecule has 1 aromatic heterocycles. The molecule has 0 aliphatic carbocycles. The van der Waals surface area contributed by atoms with Crippen LogP contribution in [0, 0.1) is 0 Å². The number of nitrogens with one attached hydrogen (secondary N) is 1. The van der Waals surface area contributed by atoms with Crippen molar-refractivity contribution >= 4 is 58.8 Å². The first kappa shape index (κ1) is 26.4. The topological polar surface area (TPSA) is 107 Å². The van der Waals surface area contributed by atoms with Gasteiger partial charge in [0.25, 0.3) is 5.91 Å². The highest BCUT2D eigenvalue weighted by Crippen LogP contribution is 2.37. The van der Waals surface area contributed by atoms with Crippen molar-refractivity contribution in [2.45, 2.75) is 13.2 Å². The Morgan fingerprint density at radius 3 is 2.54 bits per heavy atom. The highest BCUT2D eigenvalue weighted by molar-refractivity contribution is 6.42. The summed E-state index contributed by atoms with van der Waals surface area (Å²) in [7, 11) is 2.66. The normalized spacial score (nSPS) is 14.2. The zero-order valence-corrected chi connectivity index (χ0v) is 21.7. The second-order valence-corrected chi connectivity index (χ2v) is 8.95. The number of benzene rings is 2. The maximum absolute atomic E-state index is 13.0. The van der Waals surface area contributed by atoms with E-state index in [1.165, 1.54) is 32.4 Å². The van der Waals surface area contributed by atoms with Gasteiger partial charge in [-0.3, -0.25) is 9.69 Å². The first-order valence-electron chi connectivity index (χ1n) is 10.7. The number of carbonyl (C=O) groups excluding carboxylic acids is 3. The lowest BCUT2D eigenvalue weighted by Crippen LogP contribution is -2.30. The van der Waals surface area contributed by atoms with Gasteiger partial charge in [-0.25, -0.2) is 9.59 Å². The van der Waals surface area contributed by atoms with E-state index in [9.17, 15) is 14.4 Å². The van der Waals surface area contributed by atoms with E-state index in [1.54, 1.807) is 30.3 Å². The minimum Gasteiger partial charge on any atom is -0.493 e. The minimum atomic E-state index is -0.674. The fourth-order valence-corrected chi connectivity index (χ4v) is 4.02. The summed E-state index contributed by atoms with van der Waals surface area (Å²) in [6.07, 6.45) is 1.43. The van der Waals surface area contributed by atoms with Gasteiger partial charge >= 0.3 is 12.0 Å². The monoisotopic (exact) mass is 564 g/mol. The summed E-state index contributed by atoms with van der Waals surface area (Å²) in [4.78, 5) is 38.1. The first-order chi connectivity index (χ1) is 17.7. The number of ether oxygens (including phenoxy) is 3. The van der Waals surface area contributed by atoms with Crippen LogP contribution in [0.15, 0.2) is 52.6 Å². The molecule has 192 valence electrons. The molecule has 1 fully saturated rings. The molecule has 3 aromatic rings. The molecule has 37 heavy (non-hydrogen) atoms. The smallest absolute Gasteiger partial charge is 0.373 e.